The fraction of sp³-hybridized carbons (Fsp3) is 0.833. The molecular weight excluding hydrogens is 119 g/mol. The summed E-state index contributed by atoms with van der Waals surface area (Å²) in [5.41, 5.74) is 3.59. The summed E-state index contributed by atoms with van der Waals surface area (Å²) >= 11 is 0. The van der Waals surface area contributed by atoms with Crippen molar-refractivity contribution < 1.29 is 4.39 Å². The van der Waals surface area contributed by atoms with E-state index in [0.29, 0.717) is 0 Å². The second kappa shape index (κ2) is 2.79. The molecule has 0 radical (unpaired) electrons. The second-order valence-corrected chi connectivity index (χ2v) is 2.24. The molecule has 0 aromatic carbocycles. The minimum Gasteiger partial charge on any atom is -0.313 e. The van der Waals surface area contributed by atoms with Crippen LogP contribution >= 0.6 is 0 Å². The van der Waals surface area contributed by atoms with Crippen LogP contribution in [0, 0.1) is 11.3 Å². The van der Waals surface area contributed by atoms with Crippen LogP contribution in [0.1, 0.15) is 20.3 Å². The Labute approximate surface area is 54.5 Å². The minimum atomic E-state index is -1.53. The lowest BCUT2D eigenvalue weighted by Crippen LogP contribution is -2.40. The fourth-order valence-corrected chi connectivity index (χ4v) is 0.355. The van der Waals surface area contributed by atoms with Crippen LogP contribution in [0.3, 0.4) is 0 Å². The number of hydrogen-bond donors (Lipinski definition) is 1. The molecule has 2 N–H and O–H groups in total. The van der Waals surface area contributed by atoms with Crippen LogP contribution in [0.5, 0.6) is 0 Å². The second-order valence-electron chi connectivity index (χ2n) is 2.24. The lowest BCUT2D eigenvalue weighted by Gasteiger charge is -2.19. The number of hydrogen-bond acceptors (Lipinski definition) is 2. The normalized spacial score (nSPS) is 19.9. The molecule has 3 heteroatoms. The zero-order valence-electron chi connectivity index (χ0n) is 5.69. The number of nitrogens with two attached hydrogens (primary N) is 1. The summed E-state index contributed by atoms with van der Waals surface area (Å²) in [6, 6.07) is 0.661. The maximum atomic E-state index is 12.9. The van der Waals surface area contributed by atoms with Gasteiger partial charge in [0.2, 0.25) is 0 Å². The Bertz CT molecular complexity index is 126. The third-order valence-electron chi connectivity index (χ3n) is 1.48. The molecular formula is C6H11FN2. The Morgan fingerprint density at radius 3 is 2.44 bits per heavy atom. The van der Waals surface area contributed by atoms with Crippen LogP contribution in [0.15, 0.2) is 0 Å². The highest BCUT2D eigenvalue weighted by Crippen LogP contribution is 2.17. The first-order chi connectivity index (χ1) is 4.04. The van der Waals surface area contributed by atoms with Gasteiger partial charge in [0, 0.05) is 0 Å². The quantitative estimate of drug-likeness (QED) is 0.605. The third kappa shape index (κ3) is 1.98. The molecule has 2 unspecified atom stereocenters. The monoisotopic (exact) mass is 130 g/mol. The predicted octanol–water partition coefficient (Wildman–Crippen LogP) is 0.975. The summed E-state index contributed by atoms with van der Waals surface area (Å²) in [5.74, 6) is 0. The molecule has 52 valence electrons. The van der Waals surface area contributed by atoms with Gasteiger partial charge in [-0.15, -0.1) is 0 Å². The van der Waals surface area contributed by atoms with E-state index in [4.69, 9.17) is 11.0 Å². The molecule has 0 fully saturated rings. The van der Waals surface area contributed by atoms with Gasteiger partial charge in [0.25, 0.3) is 0 Å². The van der Waals surface area contributed by atoms with Gasteiger partial charge >= 0.3 is 0 Å². The van der Waals surface area contributed by atoms with Crippen LogP contribution in [-0.2, 0) is 0 Å². The van der Waals surface area contributed by atoms with E-state index >= 15 is 0 Å². The predicted molar refractivity (Wildman–Crippen MR) is 33.4 cm³/mol. The van der Waals surface area contributed by atoms with Crippen molar-refractivity contribution in [3.8, 4) is 6.07 Å². The highest BCUT2D eigenvalue weighted by atomic mass is 19.1. The average Bonchev–Trinajstić information content (AvgIpc) is 1.86. The van der Waals surface area contributed by atoms with E-state index in [9.17, 15) is 4.39 Å². The number of halogens is 1. The van der Waals surface area contributed by atoms with E-state index < -0.39 is 11.7 Å². The van der Waals surface area contributed by atoms with E-state index in [1.54, 1.807) is 13.0 Å². The molecule has 2 atom stereocenters. The van der Waals surface area contributed by atoms with Gasteiger partial charge in [0.15, 0.2) is 0 Å². The maximum absolute atomic E-state index is 12.9. The molecule has 0 aromatic rings. The standard InChI is InChI=1S/C6H11FN2/c1-3-6(2,7)5(9)4-8/h5H,3,9H2,1-2H3. The molecule has 0 aliphatic rings. The summed E-state index contributed by atoms with van der Waals surface area (Å²) in [6.07, 6.45) is 0.279. The number of rotatable bonds is 2. The first kappa shape index (κ1) is 8.38. The van der Waals surface area contributed by atoms with Gasteiger partial charge in [-0.25, -0.2) is 4.39 Å². The first-order valence-corrected chi connectivity index (χ1v) is 2.88. The van der Waals surface area contributed by atoms with Gasteiger partial charge in [-0.2, -0.15) is 5.26 Å². The van der Waals surface area contributed by atoms with Gasteiger partial charge in [-0.1, -0.05) is 6.92 Å². The van der Waals surface area contributed by atoms with Crippen molar-refractivity contribution in [2.24, 2.45) is 5.73 Å². The Morgan fingerprint density at radius 2 is 2.33 bits per heavy atom. The fourth-order valence-electron chi connectivity index (χ4n) is 0.355. The highest BCUT2D eigenvalue weighted by Gasteiger charge is 2.28. The van der Waals surface area contributed by atoms with Crippen LogP contribution in [-0.4, -0.2) is 11.7 Å². The lowest BCUT2D eigenvalue weighted by molar-refractivity contribution is 0.166. The molecule has 0 spiro atoms. The average molecular weight is 130 g/mol. The molecule has 0 saturated heterocycles. The summed E-state index contributed by atoms with van der Waals surface area (Å²) in [4.78, 5) is 0. The zero-order chi connectivity index (χ0) is 7.49. The van der Waals surface area contributed by atoms with Gasteiger partial charge < -0.3 is 5.73 Å². The Balaban J connectivity index is 4.01. The Morgan fingerprint density at radius 1 is 1.89 bits per heavy atom. The number of nitrogens with zero attached hydrogens (tertiary/aromatic N) is 1. The topological polar surface area (TPSA) is 49.8 Å². The molecule has 0 aromatic heterocycles. The summed E-state index contributed by atoms with van der Waals surface area (Å²) in [6.45, 7) is 3.00. The molecule has 0 bridgehead atoms. The van der Waals surface area contributed by atoms with Crippen molar-refractivity contribution in [1.82, 2.24) is 0 Å². The SMILES string of the molecule is CCC(C)(F)C(N)C#N. The van der Waals surface area contributed by atoms with E-state index in [-0.39, 0.29) is 6.42 Å². The number of nitriles is 1. The molecule has 9 heavy (non-hydrogen) atoms. The summed E-state index contributed by atoms with van der Waals surface area (Å²) in [7, 11) is 0. The van der Waals surface area contributed by atoms with Crippen LogP contribution < -0.4 is 5.73 Å². The molecule has 2 nitrogen and oxygen atoms in total. The third-order valence-corrected chi connectivity index (χ3v) is 1.48. The van der Waals surface area contributed by atoms with Crippen molar-refractivity contribution in [2.75, 3.05) is 0 Å². The van der Waals surface area contributed by atoms with Crippen molar-refractivity contribution in [2.45, 2.75) is 32.0 Å². The Hall–Kier alpha value is -0.620. The maximum Gasteiger partial charge on any atom is 0.136 e. The Kier molecular flexibility index (Phi) is 2.60. The van der Waals surface area contributed by atoms with Crippen molar-refractivity contribution in [3.63, 3.8) is 0 Å². The van der Waals surface area contributed by atoms with Gasteiger partial charge in [-0.3, -0.25) is 0 Å². The first-order valence-electron chi connectivity index (χ1n) is 2.88. The van der Waals surface area contributed by atoms with Crippen molar-refractivity contribution in [3.05, 3.63) is 0 Å². The van der Waals surface area contributed by atoms with Crippen LogP contribution in [0.4, 0.5) is 4.39 Å². The van der Waals surface area contributed by atoms with Gasteiger partial charge in [0.1, 0.15) is 11.7 Å². The van der Waals surface area contributed by atoms with E-state index in [1.165, 1.54) is 6.92 Å². The largest absolute Gasteiger partial charge is 0.313 e. The zero-order valence-corrected chi connectivity index (χ0v) is 5.69. The van der Waals surface area contributed by atoms with Crippen molar-refractivity contribution in [1.29, 1.82) is 5.26 Å². The molecule has 0 amide bonds. The molecule has 0 aliphatic heterocycles. The van der Waals surface area contributed by atoms with Gasteiger partial charge in [0.05, 0.1) is 6.07 Å². The van der Waals surface area contributed by atoms with Crippen LogP contribution in [0.2, 0.25) is 0 Å². The van der Waals surface area contributed by atoms with E-state index in [0.717, 1.165) is 0 Å². The molecule has 0 saturated carbocycles. The highest BCUT2D eigenvalue weighted by molar-refractivity contribution is 4.99. The van der Waals surface area contributed by atoms with Crippen molar-refractivity contribution >= 4 is 0 Å². The molecule has 0 heterocycles. The smallest absolute Gasteiger partial charge is 0.136 e. The van der Waals surface area contributed by atoms with Crippen LogP contribution in [0.25, 0.3) is 0 Å². The van der Waals surface area contributed by atoms with E-state index in [1.807, 2.05) is 0 Å². The number of alkyl halides is 1. The molecule has 0 rings (SSSR count). The summed E-state index contributed by atoms with van der Waals surface area (Å²) < 4.78 is 12.9. The lowest BCUT2D eigenvalue weighted by atomic mass is 9.98. The molecule has 0 aliphatic carbocycles. The van der Waals surface area contributed by atoms with E-state index in [2.05, 4.69) is 0 Å². The van der Waals surface area contributed by atoms with Gasteiger partial charge in [-0.05, 0) is 13.3 Å². The summed E-state index contributed by atoms with van der Waals surface area (Å²) in [5, 5.41) is 8.19. The minimum absolute atomic E-state index is 0.279.